The minimum Gasteiger partial charge on any atom is -0.390 e. The van der Waals surface area contributed by atoms with Crippen LogP contribution in [0.3, 0.4) is 0 Å². The highest BCUT2D eigenvalue weighted by Crippen LogP contribution is 2.33. The first kappa shape index (κ1) is 16.2. The third-order valence-electron chi connectivity index (χ3n) is 4.21. The summed E-state index contributed by atoms with van der Waals surface area (Å²) in [4.78, 5) is 25.8. The molecule has 0 aromatic rings. The number of nitrogens with one attached hydrogen (secondary N) is 2. The predicted octanol–water partition coefficient (Wildman–Crippen LogP) is 0.990. The van der Waals surface area contributed by atoms with E-state index in [0.29, 0.717) is 19.4 Å². The Morgan fingerprint density at radius 2 is 1.90 bits per heavy atom. The fourth-order valence-corrected chi connectivity index (χ4v) is 3.04. The molecule has 21 heavy (non-hydrogen) atoms. The van der Waals surface area contributed by atoms with E-state index in [4.69, 9.17) is 0 Å². The third kappa shape index (κ3) is 3.74. The van der Waals surface area contributed by atoms with Gasteiger partial charge in [0, 0.05) is 12.1 Å². The minimum absolute atomic E-state index is 0.0511. The number of nitrogens with zero attached hydrogens (tertiary/aromatic N) is 1. The summed E-state index contributed by atoms with van der Waals surface area (Å²) < 4.78 is 0. The summed E-state index contributed by atoms with van der Waals surface area (Å²) >= 11 is 0. The first-order valence-electron chi connectivity index (χ1n) is 7.81. The van der Waals surface area contributed by atoms with Gasteiger partial charge in [0.15, 0.2) is 0 Å². The Bertz CT molecular complexity index is 411. The zero-order valence-electron chi connectivity index (χ0n) is 13.2. The summed E-state index contributed by atoms with van der Waals surface area (Å²) in [5, 5.41) is 16.1. The number of imide groups is 1. The summed E-state index contributed by atoms with van der Waals surface area (Å²) in [6, 6.07) is -0.364. The normalized spacial score (nSPS) is 23.5. The molecule has 3 N–H and O–H groups in total. The van der Waals surface area contributed by atoms with Crippen LogP contribution in [0.15, 0.2) is 0 Å². The van der Waals surface area contributed by atoms with Crippen LogP contribution in [-0.4, -0.2) is 52.2 Å². The Kier molecular flexibility index (Phi) is 4.58. The Balaban J connectivity index is 1.94. The van der Waals surface area contributed by atoms with Gasteiger partial charge in [-0.2, -0.15) is 0 Å². The molecular weight excluding hydrogens is 270 g/mol. The summed E-state index contributed by atoms with van der Waals surface area (Å²) in [7, 11) is 0. The van der Waals surface area contributed by atoms with Gasteiger partial charge in [0.05, 0.1) is 12.6 Å². The fraction of sp³-hybridized carbons (Fsp3) is 0.867. The molecule has 6 nitrogen and oxygen atoms in total. The molecule has 2 fully saturated rings. The smallest absolute Gasteiger partial charge is 0.325 e. The van der Waals surface area contributed by atoms with Crippen molar-refractivity contribution in [3.8, 4) is 0 Å². The van der Waals surface area contributed by atoms with Gasteiger partial charge in [-0.05, 0) is 33.6 Å². The quantitative estimate of drug-likeness (QED) is 0.676. The van der Waals surface area contributed by atoms with Crippen LogP contribution in [0.4, 0.5) is 4.79 Å². The third-order valence-corrected chi connectivity index (χ3v) is 4.21. The first-order chi connectivity index (χ1) is 9.73. The van der Waals surface area contributed by atoms with Gasteiger partial charge in [0.25, 0.3) is 5.91 Å². The largest absolute Gasteiger partial charge is 0.390 e. The number of amides is 3. The lowest BCUT2D eigenvalue weighted by atomic mass is 9.82. The van der Waals surface area contributed by atoms with Gasteiger partial charge in [0.2, 0.25) is 0 Å². The lowest BCUT2D eigenvalue weighted by Crippen LogP contribution is -2.49. The summed E-state index contributed by atoms with van der Waals surface area (Å²) in [5.74, 6) is -0.165. The minimum atomic E-state index is -0.752. The maximum absolute atomic E-state index is 12.5. The van der Waals surface area contributed by atoms with Crippen molar-refractivity contribution in [2.24, 2.45) is 0 Å². The van der Waals surface area contributed by atoms with E-state index in [1.165, 1.54) is 4.90 Å². The Labute approximate surface area is 126 Å². The molecule has 2 rings (SSSR count). The Hall–Kier alpha value is -1.14. The summed E-state index contributed by atoms with van der Waals surface area (Å²) in [5.41, 5.74) is -0.810. The lowest BCUT2D eigenvalue weighted by molar-refractivity contribution is -0.133. The van der Waals surface area contributed by atoms with E-state index in [9.17, 15) is 14.7 Å². The maximum atomic E-state index is 12.5. The lowest BCUT2D eigenvalue weighted by Gasteiger charge is -2.30. The number of β-amino-alcohol motifs (C(OH)–C–C–N with tert-alkyl or cyclic N) is 1. The van der Waals surface area contributed by atoms with E-state index >= 15 is 0 Å². The second-order valence-electron chi connectivity index (χ2n) is 7.27. The molecule has 0 bridgehead atoms. The van der Waals surface area contributed by atoms with Gasteiger partial charge in [-0.1, -0.05) is 19.3 Å². The van der Waals surface area contributed by atoms with Crippen molar-refractivity contribution in [2.45, 2.75) is 70.1 Å². The van der Waals surface area contributed by atoms with Crippen LogP contribution in [0.25, 0.3) is 0 Å². The highest BCUT2D eigenvalue weighted by Gasteiger charge is 2.51. The van der Waals surface area contributed by atoms with E-state index in [1.54, 1.807) is 0 Å². The van der Waals surface area contributed by atoms with Crippen molar-refractivity contribution >= 4 is 11.9 Å². The van der Waals surface area contributed by atoms with Crippen LogP contribution in [0.2, 0.25) is 0 Å². The molecule has 3 amide bonds. The molecule has 1 heterocycles. The van der Waals surface area contributed by atoms with Gasteiger partial charge in [-0.25, -0.2) is 4.79 Å². The highest BCUT2D eigenvalue weighted by molar-refractivity contribution is 6.07. The molecule has 0 aromatic heterocycles. The van der Waals surface area contributed by atoms with Gasteiger partial charge in [0.1, 0.15) is 5.54 Å². The van der Waals surface area contributed by atoms with Crippen molar-refractivity contribution in [1.29, 1.82) is 0 Å². The van der Waals surface area contributed by atoms with E-state index in [2.05, 4.69) is 10.6 Å². The number of aliphatic hydroxyl groups is 1. The number of carbonyl (C=O) groups excluding carboxylic acids is 2. The number of carbonyl (C=O) groups is 2. The second-order valence-corrected chi connectivity index (χ2v) is 7.27. The van der Waals surface area contributed by atoms with Crippen molar-refractivity contribution in [3.63, 3.8) is 0 Å². The van der Waals surface area contributed by atoms with Crippen LogP contribution in [0.1, 0.15) is 52.9 Å². The van der Waals surface area contributed by atoms with Crippen molar-refractivity contribution < 1.29 is 14.7 Å². The van der Waals surface area contributed by atoms with Crippen LogP contribution >= 0.6 is 0 Å². The van der Waals surface area contributed by atoms with E-state index in [-0.39, 0.29) is 24.0 Å². The standard InChI is InChI=1S/C15H27N3O3/c1-14(2,3)16-9-11(19)10-18-12(20)15(17-13(18)21)7-5-4-6-8-15/h11,16,19H,4-10H2,1-3H3,(H,17,21). The molecule has 0 radical (unpaired) electrons. The molecule has 1 atom stereocenters. The molecule has 1 spiro atoms. The van der Waals surface area contributed by atoms with Gasteiger partial charge in [-0.15, -0.1) is 0 Å². The van der Waals surface area contributed by atoms with Crippen LogP contribution in [-0.2, 0) is 4.79 Å². The zero-order chi connectivity index (χ0) is 15.7. The molecule has 1 aliphatic heterocycles. The number of rotatable bonds is 4. The van der Waals surface area contributed by atoms with Crippen LogP contribution in [0, 0.1) is 0 Å². The van der Waals surface area contributed by atoms with Gasteiger partial charge >= 0.3 is 6.03 Å². The molecule has 1 aliphatic carbocycles. The molecule has 1 unspecified atom stereocenters. The van der Waals surface area contributed by atoms with Crippen molar-refractivity contribution in [1.82, 2.24) is 15.5 Å². The molecule has 2 aliphatic rings. The number of hydrogen-bond donors (Lipinski definition) is 3. The number of hydrogen-bond acceptors (Lipinski definition) is 4. The van der Waals surface area contributed by atoms with E-state index < -0.39 is 11.6 Å². The van der Waals surface area contributed by atoms with Crippen LogP contribution < -0.4 is 10.6 Å². The fourth-order valence-electron chi connectivity index (χ4n) is 3.04. The average molecular weight is 297 g/mol. The molecule has 6 heteroatoms. The molecule has 120 valence electrons. The van der Waals surface area contributed by atoms with Gasteiger partial charge < -0.3 is 15.7 Å². The van der Waals surface area contributed by atoms with E-state index in [1.807, 2.05) is 20.8 Å². The number of aliphatic hydroxyl groups excluding tert-OH is 1. The maximum Gasteiger partial charge on any atom is 0.325 e. The van der Waals surface area contributed by atoms with Gasteiger partial charge in [-0.3, -0.25) is 9.69 Å². The van der Waals surface area contributed by atoms with Crippen LogP contribution in [0.5, 0.6) is 0 Å². The summed E-state index contributed by atoms with van der Waals surface area (Å²) in [6.45, 7) is 6.42. The number of urea groups is 1. The highest BCUT2D eigenvalue weighted by atomic mass is 16.3. The first-order valence-corrected chi connectivity index (χ1v) is 7.81. The Morgan fingerprint density at radius 1 is 1.29 bits per heavy atom. The predicted molar refractivity (Wildman–Crippen MR) is 79.8 cm³/mol. The molecule has 0 aromatic carbocycles. The topological polar surface area (TPSA) is 81.7 Å². The zero-order valence-corrected chi connectivity index (χ0v) is 13.2. The monoisotopic (exact) mass is 297 g/mol. The van der Waals surface area contributed by atoms with Crippen molar-refractivity contribution in [2.75, 3.05) is 13.1 Å². The van der Waals surface area contributed by atoms with E-state index in [0.717, 1.165) is 19.3 Å². The van der Waals surface area contributed by atoms with Crippen molar-refractivity contribution in [3.05, 3.63) is 0 Å². The molecule has 1 saturated carbocycles. The summed E-state index contributed by atoms with van der Waals surface area (Å²) in [6.07, 6.45) is 3.72. The molecular formula is C15H27N3O3. The Morgan fingerprint density at radius 3 is 2.48 bits per heavy atom. The average Bonchev–Trinajstić information content (AvgIpc) is 2.61. The second kappa shape index (κ2) is 5.93. The SMILES string of the molecule is CC(C)(C)NCC(O)CN1C(=O)NC2(CCCCC2)C1=O. The molecule has 1 saturated heterocycles.